The van der Waals surface area contributed by atoms with Crippen molar-refractivity contribution in [3.8, 4) is 0 Å². The standard InChI is InChI=1S/C38H47N7O4/c1-5-37(14-17-44(18-15-37)34(47)25(2)40-4)36(49)45(23-28-10-7-6-9-27(28)22-39-3)24-32(46)42-30-13-12-26-20-38(21-29(26)19-30)31-11-8-16-41-33(31)43-35(38)48/h6-13,16,19,25,39-40H,5,14-15,17-18,20-24H2,1-4H3,(H,42,46)(H,41,43,48)/t25-,38+/m0/s1. The van der Waals surface area contributed by atoms with Crippen molar-refractivity contribution < 1.29 is 19.2 Å². The van der Waals surface area contributed by atoms with Crippen LogP contribution in [-0.2, 0) is 50.5 Å². The van der Waals surface area contributed by atoms with E-state index >= 15 is 0 Å². The maximum atomic E-state index is 14.6. The number of benzene rings is 2. The molecule has 1 fully saturated rings. The first-order chi connectivity index (χ1) is 23.6. The fourth-order valence-corrected chi connectivity index (χ4v) is 7.81. The van der Waals surface area contributed by atoms with E-state index in [0.29, 0.717) is 69.8 Å². The molecule has 4 N–H and O–H groups in total. The van der Waals surface area contributed by atoms with Crippen molar-refractivity contribution in [1.29, 1.82) is 0 Å². The molecular formula is C38H47N7O4. The maximum absolute atomic E-state index is 14.6. The molecule has 0 saturated carbocycles. The lowest BCUT2D eigenvalue weighted by Crippen LogP contribution is -2.54. The van der Waals surface area contributed by atoms with Crippen LogP contribution in [-0.4, -0.2) is 78.2 Å². The molecule has 11 heteroatoms. The highest BCUT2D eigenvalue weighted by atomic mass is 16.2. The Morgan fingerprint density at radius 2 is 1.73 bits per heavy atom. The van der Waals surface area contributed by atoms with Crippen LogP contribution in [0.1, 0.15) is 60.9 Å². The molecule has 4 amide bonds. The van der Waals surface area contributed by atoms with E-state index in [-0.39, 0.29) is 36.2 Å². The van der Waals surface area contributed by atoms with Crippen LogP contribution in [0.15, 0.2) is 60.8 Å². The number of hydrogen-bond donors (Lipinski definition) is 4. The summed E-state index contributed by atoms with van der Waals surface area (Å²) in [6, 6.07) is 17.3. The monoisotopic (exact) mass is 665 g/mol. The second kappa shape index (κ2) is 14.1. The van der Waals surface area contributed by atoms with Gasteiger partial charge in [-0.1, -0.05) is 43.3 Å². The van der Waals surface area contributed by atoms with E-state index in [0.717, 1.165) is 27.8 Å². The van der Waals surface area contributed by atoms with Crippen molar-refractivity contribution in [2.75, 3.05) is 44.4 Å². The number of nitrogens with zero attached hydrogens (tertiary/aromatic N) is 3. The summed E-state index contributed by atoms with van der Waals surface area (Å²) in [5.41, 5.74) is 4.29. The summed E-state index contributed by atoms with van der Waals surface area (Å²) in [4.78, 5) is 62.3. The number of carbonyl (C=O) groups excluding carboxylic acids is 4. The first-order valence-corrected chi connectivity index (χ1v) is 17.3. The van der Waals surface area contributed by atoms with Crippen LogP contribution >= 0.6 is 0 Å². The minimum absolute atomic E-state index is 0.0339. The van der Waals surface area contributed by atoms with Crippen LogP contribution in [0.25, 0.3) is 0 Å². The lowest BCUT2D eigenvalue weighted by molar-refractivity contribution is -0.150. The predicted octanol–water partition coefficient (Wildman–Crippen LogP) is 3.38. The van der Waals surface area contributed by atoms with Crippen LogP contribution in [0.3, 0.4) is 0 Å². The number of hydrogen-bond acceptors (Lipinski definition) is 7. The number of aromatic nitrogens is 1. The second-order valence-corrected chi connectivity index (χ2v) is 13.8. The number of anilines is 2. The Balaban J connectivity index is 1.21. The molecule has 11 nitrogen and oxygen atoms in total. The Labute approximate surface area is 288 Å². The van der Waals surface area contributed by atoms with Gasteiger partial charge in [-0.3, -0.25) is 19.2 Å². The molecule has 3 heterocycles. The Kier molecular flexibility index (Phi) is 9.85. The molecule has 2 aromatic carbocycles. The van der Waals surface area contributed by atoms with Gasteiger partial charge in [0.25, 0.3) is 0 Å². The number of amides is 4. The van der Waals surface area contributed by atoms with Gasteiger partial charge in [0.2, 0.25) is 23.6 Å². The fraction of sp³-hybridized carbons (Fsp3) is 0.447. The molecule has 1 aliphatic carbocycles. The highest BCUT2D eigenvalue weighted by molar-refractivity contribution is 6.06. The highest BCUT2D eigenvalue weighted by Gasteiger charge is 2.51. The molecule has 0 radical (unpaired) electrons. The molecule has 3 aliphatic rings. The molecule has 0 unspecified atom stereocenters. The van der Waals surface area contributed by atoms with Gasteiger partial charge in [0, 0.05) is 43.6 Å². The summed E-state index contributed by atoms with van der Waals surface area (Å²) in [6.45, 7) is 5.68. The van der Waals surface area contributed by atoms with Crippen molar-refractivity contribution in [1.82, 2.24) is 25.4 Å². The van der Waals surface area contributed by atoms with Crippen molar-refractivity contribution in [2.24, 2.45) is 5.41 Å². The van der Waals surface area contributed by atoms with E-state index in [1.54, 1.807) is 18.1 Å². The zero-order chi connectivity index (χ0) is 34.8. The molecule has 2 aliphatic heterocycles. The van der Waals surface area contributed by atoms with Crippen molar-refractivity contribution in [2.45, 2.75) is 70.5 Å². The SMILES string of the molecule is CCC1(C(=O)N(CC(=O)Nc2ccc3c(c2)C[C@@]2(C3)C(=O)Nc3ncccc32)Cc2ccccc2CNC)CCN(C(=O)[C@H](C)NC)CC1. The maximum Gasteiger partial charge on any atom is 0.244 e. The van der Waals surface area contributed by atoms with Crippen molar-refractivity contribution in [3.05, 3.63) is 88.6 Å². The van der Waals surface area contributed by atoms with E-state index < -0.39 is 10.8 Å². The quantitative estimate of drug-likeness (QED) is 0.247. The largest absolute Gasteiger partial charge is 0.341 e. The van der Waals surface area contributed by atoms with Crippen LogP contribution in [0, 0.1) is 5.41 Å². The van der Waals surface area contributed by atoms with Gasteiger partial charge in [0.05, 0.1) is 16.9 Å². The van der Waals surface area contributed by atoms with E-state index in [9.17, 15) is 19.2 Å². The Morgan fingerprint density at radius 1 is 1.00 bits per heavy atom. The minimum Gasteiger partial charge on any atom is -0.341 e. The molecule has 1 saturated heterocycles. The number of fused-ring (bicyclic) bond motifs is 3. The number of rotatable bonds is 11. The summed E-state index contributed by atoms with van der Waals surface area (Å²) in [6.07, 6.45) is 4.48. The van der Waals surface area contributed by atoms with Gasteiger partial charge >= 0.3 is 0 Å². The van der Waals surface area contributed by atoms with Crippen LogP contribution < -0.4 is 21.3 Å². The van der Waals surface area contributed by atoms with E-state index in [1.807, 2.05) is 80.4 Å². The van der Waals surface area contributed by atoms with Gasteiger partial charge < -0.3 is 31.1 Å². The van der Waals surface area contributed by atoms with E-state index in [1.165, 1.54) is 0 Å². The molecule has 1 spiro atoms. The van der Waals surface area contributed by atoms with Crippen molar-refractivity contribution >= 4 is 35.1 Å². The van der Waals surface area contributed by atoms with Crippen LogP contribution in [0.5, 0.6) is 0 Å². The van der Waals surface area contributed by atoms with Gasteiger partial charge in [-0.05, 0) is 93.6 Å². The number of likely N-dealkylation sites (tertiary alicyclic amines) is 1. The Hall–Kier alpha value is -4.61. The lowest BCUT2D eigenvalue weighted by atomic mass is 9.74. The lowest BCUT2D eigenvalue weighted by Gasteiger charge is -2.43. The van der Waals surface area contributed by atoms with Gasteiger partial charge in [-0.2, -0.15) is 0 Å². The molecule has 258 valence electrons. The molecule has 3 aromatic rings. The van der Waals surface area contributed by atoms with Gasteiger partial charge in [-0.25, -0.2) is 4.98 Å². The van der Waals surface area contributed by atoms with E-state index in [2.05, 4.69) is 26.3 Å². The molecular weight excluding hydrogens is 618 g/mol. The van der Waals surface area contributed by atoms with E-state index in [4.69, 9.17) is 0 Å². The van der Waals surface area contributed by atoms with Gasteiger partial charge in [-0.15, -0.1) is 0 Å². The zero-order valence-electron chi connectivity index (χ0n) is 28.9. The van der Waals surface area contributed by atoms with Crippen LogP contribution in [0.4, 0.5) is 11.5 Å². The van der Waals surface area contributed by atoms with Crippen LogP contribution in [0.2, 0.25) is 0 Å². The average Bonchev–Trinajstić information content (AvgIpc) is 3.63. The summed E-state index contributed by atoms with van der Waals surface area (Å²) in [5.74, 6) is 0.249. The summed E-state index contributed by atoms with van der Waals surface area (Å²) in [7, 11) is 3.65. The number of nitrogens with one attached hydrogen (secondary N) is 4. The molecule has 0 bridgehead atoms. The first kappa shape index (κ1) is 34.3. The fourth-order valence-electron chi connectivity index (χ4n) is 7.81. The van der Waals surface area contributed by atoms with Gasteiger partial charge in [0.15, 0.2) is 0 Å². The summed E-state index contributed by atoms with van der Waals surface area (Å²) in [5, 5.41) is 12.2. The topological polar surface area (TPSA) is 136 Å². The second-order valence-electron chi connectivity index (χ2n) is 13.8. The smallest absolute Gasteiger partial charge is 0.244 e. The summed E-state index contributed by atoms with van der Waals surface area (Å²) >= 11 is 0. The number of piperidine rings is 1. The summed E-state index contributed by atoms with van der Waals surface area (Å²) < 4.78 is 0. The Bertz CT molecular complexity index is 1750. The normalized spacial score (nSPS) is 19.6. The predicted molar refractivity (Wildman–Crippen MR) is 189 cm³/mol. The Morgan fingerprint density at radius 3 is 2.45 bits per heavy atom. The molecule has 1 aromatic heterocycles. The highest BCUT2D eigenvalue weighted by Crippen LogP contribution is 2.47. The molecule has 2 atom stereocenters. The number of carbonyl (C=O) groups is 4. The average molecular weight is 666 g/mol. The molecule has 6 rings (SSSR count). The third-order valence-corrected chi connectivity index (χ3v) is 10.9. The molecule has 49 heavy (non-hydrogen) atoms. The number of likely N-dealkylation sites (N-methyl/N-ethyl adjacent to an activating group) is 1. The van der Waals surface area contributed by atoms with Crippen molar-refractivity contribution in [3.63, 3.8) is 0 Å². The third kappa shape index (κ3) is 6.57. The third-order valence-electron chi connectivity index (χ3n) is 10.9. The number of pyridine rings is 1. The zero-order valence-corrected chi connectivity index (χ0v) is 28.9. The minimum atomic E-state index is -0.696. The first-order valence-electron chi connectivity index (χ1n) is 17.3. The van der Waals surface area contributed by atoms with Gasteiger partial charge in [0.1, 0.15) is 12.4 Å².